The first-order valence-electron chi connectivity index (χ1n) is 5.18. The van der Waals surface area contributed by atoms with Gasteiger partial charge in [-0.25, -0.2) is 5.84 Å². The fourth-order valence-corrected chi connectivity index (χ4v) is 1.43. The SMILES string of the molecule is CO.Nc1ccccc1N(N)c1ccccc1. The topological polar surface area (TPSA) is 75.5 Å². The molecule has 0 aliphatic heterocycles. The quantitative estimate of drug-likeness (QED) is 0.419. The predicted molar refractivity (Wildman–Crippen MR) is 71.8 cm³/mol. The van der Waals surface area contributed by atoms with E-state index >= 15 is 0 Å². The molecule has 0 radical (unpaired) electrons. The van der Waals surface area contributed by atoms with Crippen molar-refractivity contribution in [2.24, 2.45) is 5.84 Å². The number of benzene rings is 2. The van der Waals surface area contributed by atoms with Crippen LogP contribution in [0.3, 0.4) is 0 Å². The summed E-state index contributed by atoms with van der Waals surface area (Å²) in [6.45, 7) is 0. The number of hydrogen-bond donors (Lipinski definition) is 3. The molecular weight excluding hydrogens is 214 g/mol. The standard InChI is InChI=1S/C12H13N3.CH4O/c13-11-8-4-5-9-12(11)15(14)10-6-2-1-3-7-10;1-2/h1-9H,13-14H2;2H,1H3. The Morgan fingerprint density at radius 2 is 1.41 bits per heavy atom. The summed E-state index contributed by atoms with van der Waals surface area (Å²) < 4.78 is 0. The number of hydrazine groups is 1. The van der Waals surface area contributed by atoms with Crippen molar-refractivity contribution in [3.05, 3.63) is 54.6 Å². The maximum atomic E-state index is 7.00. The monoisotopic (exact) mass is 231 g/mol. The van der Waals surface area contributed by atoms with Gasteiger partial charge in [-0.05, 0) is 24.3 Å². The smallest absolute Gasteiger partial charge is 0.0804 e. The van der Waals surface area contributed by atoms with Crippen molar-refractivity contribution < 1.29 is 5.11 Å². The highest BCUT2D eigenvalue weighted by molar-refractivity contribution is 5.73. The molecule has 2 aromatic carbocycles. The van der Waals surface area contributed by atoms with Crippen molar-refractivity contribution in [3.8, 4) is 0 Å². The van der Waals surface area contributed by atoms with Crippen LogP contribution in [0.15, 0.2) is 54.6 Å². The van der Waals surface area contributed by atoms with E-state index in [2.05, 4.69) is 0 Å². The largest absolute Gasteiger partial charge is 0.400 e. The highest BCUT2D eigenvalue weighted by Crippen LogP contribution is 2.26. The van der Waals surface area contributed by atoms with Crippen molar-refractivity contribution >= 4 is 17.1 Å². The molecule has 0 amide bonds. The van der Waals surface area contributed by atoms with Gasteiger partial charge in [-0.15, -0.1) is 0 Å². The molecule has 0 unspecified atom stereocenters. The van der Waals surface area contributed by atoms with Crippen molar-refractivity contribution in [2.45, 2.75) is 0 Å². The molecule has 5 N–H and O–H groups in total. The molecule has 0 bridgehead atoms. The zero-order valence-electron chi connectivity index (χ0n) is 9.75. The molecule has 17 heavy (non-hydrogen) atoms. The van der Waals surface area contributed by atoms with Gasteiger partial charge >= 0.3 is 0 Å². The van der Waals surface area contributed by atoms with Gasteiger partial charge in [-0.3, -0.25) is 5.01 Å². The van der Waals surface area contributed by atoms with Gasteiger partial charge in [0.15, 0.2) is 0 Å². The first-order chi connectivity index (χ1) is 8.29. The number of para-hydroxylation sites is 3. The third kappa shape index (κ3) is 3.21. The molecule has 0 fully saturated rings. The minimum Gasteiger partial charge on any atom is -0.400 e. The Balaban J connectivity index is 0.000000686. The Bertz CT molecular complexity index is 445. The van der Waals surface area contributed by atoms with Crippen LogP contribution in [0.5, 0.6) is 0 Å². The Hall–Kier alpha value is -2.04. The molecule has 0 aliphatic carbocycles. The molecule has 2 aromatic rings. The number of aliphatic hydroxyl groups excluding tert-OH is 1. The summed E-state index contributed by atoms with van der Waals surface area (Å²) in [4.78, 5) is 0. The number of nitrogen functional groups attached to an aromatic ring is 1. The number of hydrogen-bond acceptors (Lipinski definition) is 4. The van der Waals surface area contributed by atoms with Gasteiger partial charge in [0.2, 0.25) is 0 Å². The number of nitrogens with two attached hydrogens (primary N) is 2. The third-order valence-corrected chi connectivity index (χ3v) is 2.23. The second-order valence-corrected chi connectivity index (χ2v) is 3.26. The highest BCUT2D eigenvalue weighted by Gasteiger charge is 2.06. The lowest BCUT2D eigenvalue weighted by Gasteiger charge is -2.20. The molecule has 0 spiro atoms. The van der Waals surface area contributed by atoms with Gasteiger partial charge in [0, 0.05) is 7.11 Å². The molecule has 2 rings (SSSR count). The summed E-state index contributed by atoms with van der Waals surface area (Å²) in [5.74, 6) is 5.97. The molecule has 4 heteroatoms. The van der Waals surface area contributed by atoms with Crippen LogP contribution in [0, 0.1) is 0 Å². The predicted octanol–water partition coefficient (Wildman–Crippen LogP) is 1.89. The van der Waals surface area contributed by atoms with E-state index in [4.69, 9.17) is 16.7 Å². The van der Waals surface area contributed by atoms with Gasteiger partial charge in [0.25, 0.3) is 0 Å². The lowest BCUT2D eigenvalue weighted by atomic mass is 10.2. The second kappa shape index (κ2) is 6.52. The summed E-state index contributed by atoms with van der Waals surface area (Å²) in [7, 11) is 1.00. The van der Waals surface area contributed by atoms with E-state index in [-0.39, 0.29) is 0 Å². The maximum absolute atomic E-state index is 7.00. The van der Waals surface area contributed by atoms with Crippen LogP contribution in [0.2, 0.25) is 0 Å². The van der Waals surface area contributed by atoms with Gasteiger partial charge in [0.05, 0.1) is 17.1 Å². The molecule has 0 aromatic heterocycles. The van der Waals surface area contributed by atoms with E-state index in [0.29, 0.717) is 5.69 Å². The lowest BCUT2D eigenvalue weighted by Crippen LogP contribution is -2.25. The Kier molecular flexibility index (Phi) is 5.00. The minimum atomic E-state index is 0.670. The minimum absolute atomic E-state index is 0.670. The first kappa shape index (κ1) is 13.0. The molecule has 0 aliphatic rings. The molecule has 0 saturated carbocycles. The molecule has 0 heterocycles. The second-order valence-electron chi connectivity index (χ2n) is 3.26. The summed E-state index contributed by atoms with van der Waals surface area (Å²) in [5.41, 5.74) is 8.23. The first-order valence-corrected chi connectivity index (χ1v) is 5.18. The average Bonchev–Trinajstić information content (AvgIpc) is 2.42. The summed E-state index contributed by atoms with van der Waals surface area (Å²) in [5, 5.41) is 8.58. The molecule has 0 atom stereocenters. The van der Waals surface area contributed by atoms with Crippen LogP contribution < -0.4 is 16.6 Å². The zero-order chi connectivity index (χ0) is 12.7. The van der Waals surface area contributed by atoms with Crippen molar-refractivity contribution in [3.63, 3.8) is 0 Å². The van der Waals surface area contributed by atoms with E-state index < -0.39 is 0 Å². The summed E-state index contributed by atoms with van der Waals surface area (Å²) in [6, 6.07) is 17.2. The third-order valence-electron chi connectivity index (χ3n) is 2.23. The van der Waals surface area contributed by atoms with Gasteiger partial charge in [-0.1, -0.05) is 30.3 Å². The zero-order valence-corrected chi connectivity index (χ0v) is 9.75. The molecule has 90 valence electrons. The maximum Gasteiger partial charge on any atom is 0.0804 e. The van der Waals surface area contributed by atoms with E-state index in [1.54, 1.807) is 5.01 Å². The number of nitrogens with zero attached hydrogens (tertiary/aromatic N) is 1. The van der Waals surface area contributed by atoms with E-state index in [1.165, 1.54) is 0 Å². The number of anilines is 3. The van der Waals surface area contributed by atoms with Crippen LogP contribution in [0.25, 0.3) is 0 Å². The summed E-state index contributed by atoms with van der Waals surface area (Å²) in [6.07, 6.45) is 0. The van der Waals surface area contributed by atoms with Crippen LogP contribution in [0.1, 0.15) is 0 Å². The van der Waals surface area contributed by atoms with E-state index in [9.17, 15) is 0 Å². The Morgan fingerprint density at radius 1 is 0.882 bits per heavy atom. The van der Waals surface area contributed by atoms with Gasteiger partial charge in [0.1, 0.15) is 0 Å². The van der Waals surface area contributed by atoms with E-state index in [1.807, 2.05) is 54.6 Å². The Labute approximate surface area is 101 Å². The van der Waals surface area contributed by atoms with Gasteiger partial charge < -0.3 is 10.8 Å². The van der Waals surface area contributed by atoms with Crippen LogP contribution in [-0.2, 0) is 0 Å². The fraction of sp³-hybridized carbons (Fsp3) is 0.0769. The van der Waals surface area contributed by atoms with Crippen molar-refractivity contribution in [1.29, 1.82) is 0 Å². The van der Waals surface area contributed by atoms with E-state index in [0.717, 1.165) is 18.5 Å². The van der Waals surface area contributed by atoms with Crippen molar-refractivity contribution in [1.82, 2.24) is 0 Å². The highest BCUT2D eigenvalue weighted by atomic mass is 16.2. The van der Waals surface area contributed by atoms with Crippen LogP contribution >= 0.6 is 0 Å². The average molecular weight is 231 g/mol. The number of rotatable bonds is 2. The molecule has 4 nitrogen and oxygen atoms in total. The Morgan fingerprint density at radius 3 is 2.00 bits per heavy atom. The normalized spacial score (nSPS) is 9.12. The van der Waals surface area contributed by atoms with Crippen LogP contribution in [-0.4, -0.2) is 12.2 Å². The molecular formula is C13H17N3O. The molecule has 0 saturated heterocycles. The fourth-order valence-electron chi connectivity index (χ4n) is 1.43. The number of aliphatic hydroxyl groups is 1. The van der Waals surface area contributed by atoms with Gasteiger partial charge in [-0.2, -0.15) is 0 Å². The van der Waals surface area contributed by atoms with Crippen LogP contribution in [0.4, 0.5) is 17.1 Å². The van der Waals surface area contributed by atoms with Crippen molar-refractivity contribution in [2.75, 3.05) is 17.9 Å². The lowest BCUT2D eigenvalue weighted by molar-refractivity contribution is 0.399. The summed E-state index contributed by atoms with van der Waals surface area (Å²) >= 11 is 0.